The van der Waals surface area contributed by atoms with Gasteiger partial charge < -0.3 is 4.74 Å². The standard InChI is InChI=1S/C20H15F3N2O/c21-20(22,23)15-25-13-18(12-24-25)10-9-16-7-4-8-19(11-16)26-14-17-5-2-1-3-6-17/h1-8,11-13H,14-15H2. The van der Waals surface area contributed by atoms with E-state index in [9.17, 15) is 13.2 Å². The Balaban J connectivity index is 1.65. The molecule has 0 N–H and O–H groups in total. The Morgan fingerprint density at radius 1 is 0.962 bits per heavy atom. The van der Waals surface area contributed by atoms with Gasteiger partial charge in [0.05, 0.1) is 11.8 Å². The molecule has 0 atom stereocenters. The van der Waals surface area contributed by atoms with E-state index in [1.165, 1.54) is 12.4 Å². The maximum Gasteiger partial charge on any atom is 0.408 e. The summed E-state index contributed by atoms with van der Waals surface area (Å²) in [4.78, 5) is 0. The summed E-state index contributed by atoms with van der Waals surface area (Å²) in [6.07, 6.45) is -1.72. The van der Waals surface area contributed by atoms with Crippen LogP contribution < -0.4 is 4.74 Å². The minimum absolute atomic E-state index is 0.421. The van der Waals surface area contributed by atoms with Crippen molar-refractivity contribution in [1.29, 1.82) is 0 Å². The van der Waals surface area contributed by atoms with Crippen LogP contribution in [0.25, 0.3) is 0 Å². The highest BCUT2D eigenvalue weighted by Crippen LogP contribution is 2.17. The van der Waals surface area contributed by atoms with E-state index in [-0.39, 0.29) is 0 Å². The summed E-state index contributed by atoms with van der Waals surface area (Å²) in [5.41, 5.74) is 2.19. The predicted octanol–water partition coefficient (Wildman–Crippen LogP) is 4.42. The second-order valence-corrected chi connectivity index (χ2v) is 5.59. The number of benzene rings is 2. The molecule has 1 aromatic heterocycles. The Labute approximate surface area is 149 Å². The fraction of sp³-hybridized carbons (Fsp3) is 0.150. The van der Waals surface area contributed by atoms with Crippen LogP contribution in [0.4, 0.5) is 13.2 Å². The highest BCUT2D eigenvalue weighted by molar-refractivity contribution is 5.44. The summed E-state index contributed by atoms with van der Waals surface area (Å²) in [5, 5.41) is 3.66. The van der Waals surface area contributed by atoms with Crippen molar-refractivity contribution in [2.45, 2.75) is 19.3 Å². The maximum atomic E-state index is 12.3. The third-order valence-corrected chi connectivity index (χ3v) is 3.41. The molecule has 6 heteroatoms. The number of aromatic nitrogens is 2. The van der Waals surface area contributed by atoms with Crippen LogP contribution in [0.5, 0.6) is 5.75 Å². The highest BCUT2D eigenvalue weighted by Gasteiger charge is 2.28. The molecule has 0 fully saturated rings. The van der Waals surface area contributed by atoms with E-state index >= 15 is 0 Å². The molecule has 2 aromatic carbocycles. The molecule has 0 saturated heterocycles. The van der Waals surface area contributed by atoms with Crippen molar-refractivity contribution in [2.75, 3.05) is 0 Å². The number of hydrogen-bond acceptors (Lipinski definition) is 2. The molecule has 0 aliphatic heterocycles. The summed E-state index contributed by atoms with van der Waals surface area (Å²) in [5.74, 6) is 6.40. The van der Waals surface area contributed by atoms with E-state index in [4.69, 9.17) is 4.74 Å². The Morgan fingerprint density at radius 3 is 2.50 bits per heavy atom. The van der Waals surface area contributed by atoms with Gasteiger partial charge in [-0.15, -0.1) is 0 Å². The van der Waals surface area contributed by atoms with Gasteiger partial charge in [0.2, 0.25) is 0 Å². The van der Waals surface area contributed by atoms with Crippen LogP contribution in [0.2, 0.25) is 0 Å². The lowest BCUT2D eigenvalue weighted by atomic mass is 10.2. The zero-order valence-electron chi connectivity index (χ0n) is 13.7. The van der Waals surface area contributed by atoms with Gasteiger partial charge in [0.15, 0.2) is 0 Å². The lowest BCUT2D eigenvalue weighted by Gasteiger charge is -2.06. The van der Waals surface area contributed by atoms with Crippen LogP contribution in [0.15, 0.2) is 67.0 Å². The first-order chi connectivity index (χ1) is 12.5. The molecule has 0 saturated carbocycles. The molecule has 0 radical (unpaired) electrons. The third-order valence-electron chi connectivity index (χ3n) is 3.41. The monoisotopic (exact) mass is 356 g/mol. The molecule has 3 rings (SSSR count). The Bertz CT molecular complexity index is 921. The third kappa shape index (κ3) is 5.42. The summed E-state index contributed by atoms with van der Waals surface area (Å²) in [6.45, 7) is -0.681. The molecule has 0 bridgehead atoms. The summed E-state index contributed by atoms with van der Waals surface area (Å²) in [6, 6.07) is 17.0. The molecule has 3 nitrogen and oxygen atoms in total. The largest absolute Gasteiger partial charge is 0.489 e. The molecule has 1 heterocycles. The van der Waals surface area contributed by atoms with Crippen molar-refractivity contribution in [2.24, 2.45) is 0 Å². The lowest BCUT2D eigenvalue weighted by Crippen LogP contribution is -2.17. The van der Waals surface area contributed by atoms with Crippen molar-refractivity contribution in [3.05, 3.63) is 83.7 Å². The number of rotatable bonds is 4. The van der Waals surface area contributed by atoms with Crippen molar-refractivity contribution in [3.8, 4) is 17.6 Å². The Morgan fingerprint density at radius 2 is 1.73 bits per heavy atom. The summed E-state index contributed by atoms with van der Waals surface area (Å²) < 4.78 is 43.5. The second kappa shape index (κ2) is 7.79. The van der Waals surface area contributed by atoms with E-state index in [1.54, 1.807) is 6.07 Å². The Hall–Kier alpha value is -3.20. The van der Waals surface area contributed by atoms with Crippen LogP contribution in [-0.2, 0) is 13.2 Å². The fourth-order valence-electron chi connectivity index (χ4n) is 2.25. The normalized spacial score (nSPS) is 10.9. The molecule has 0 spiro atoms. The van der Waals surface area contributed by atoms with Crippen molar-refractivity contribution < 1.29 is 17.9 Å². The molecule has 0 amide bonds. The first kappa shape index (κ1) is 17.6. The van der Waals surface area contributed by atoms with Crippen LogP contribution in [0.1, 0.15) is 16.7 Å². The number of ether oxygens (including phenoxy) is 1. The first-order valence-electron chi connectivity index (χ1n) is 7.86. The molecule has 0 unspecified atom stereocenters. The van der Waals surface area contributed by atoms with Gasteiger partial charge in [0.1, 0.15) is 18.9 Å². The average molecular weight is 356 g/mol. The predicted molar refractivity (Wildman–Crippen MR) is 91.5 cm³/mol. The van der Waals surface area contributed by atoms with Gasteiger partial charge in [-0.25, -0.2) is 0 Å². The van der Waals surface area contributed by atoms with E-state index in [0.717, 1.165) is 10.2 Å². The van der Waals surface area contributed by atoms with Gasteiger partial charge in [-0.05, 0) is 23.8 Å². The smallest absolute Gasteiger partial charge is 0.408 e. The van der Waals surface area contributed by atoms with E-state index in [0.29, 0.717) is 23.5 Å². The Kier molecular flexibility index (Phi) is 5.28. The topological polar surface area (TPSA) is 27.1 Å². The van der Waals surface area contributed by atoms with Gasteiger partial charge in [0, 0.05) is 11.8 Å². The van der Waals surface area contributed by atoms with Crippen molar-refractivity contribution in [3.63, 3.8) is 0 Å². The van der Waals surface area contributed by atoms with Crippen LogP contribution in [0, 0.1) is 11.8 Å². The van der Waals surface area contributed by atoms with Gasteiger partial charge >= 0.3 is 6.18 Å². The van der Waals surface area contributed by atoms with E-state index < -0.39 is 12.7 Å². The average Bonchev–Trinajstić information content (AvgIpc) is 3.05. The molecule has 0 aliphatic carbocycles. The quantitative estimate of drug-likeness (QED) is 0.647. The second-order valence-electron chi connectivity index (χ2n) is 5.59. The van der Waals surface area contributed by atoms with Crippen LogP contribution in [-0.4, -0.2) is 16.0 Å². The van der Waals surface area contributed by atoms with Crippen LogP contribution >= 0.6 is 0 Å². The molecular weight excluding hydrogens is 341 g/mol. The molecular formula is C20H15F3N2O. The zero-order valence-corrected chi connectivity index (χ0v) is 13.7. The maximum absolute atomic E-state index is 12.3. The number of alkyl halides is 3. The van der Waals surface area contributed by atoms with Gasteiger partial charge in [-0.2, -0.15) is 18.3 Å². The zero-order chi connectivity index (χ0) is 18.4. The summed E-state index contributed by atoms with van der Waals surface area (Å²) >= 11 is 0. The molecule has 3 aromatic rings. The van der Waals surface area contributed by atoms with Gasteiger partial charge in [0.25, 0.3) is 0 Å². The van der Waals surface area contributed by atoms with Crippen molar-refractivity contribution >= 4 is 0 Å². The van der Waals surface area contributed by atoms with Gasteiger partial charge in [-0.1, -0.05) is 48.2 Å². The number of nitrogens with zero attached hydrogens (tertiary/aromatic N) is 2. The summed E-state index contributed by atoms with van der Waals surface area (Å²) in [7, 11) is 0. The lowest BCUT2D eigenvalue weighted by molar-refractivity contribution is -0.142. The van der Waals surface area contributed by atoms with Crippen molar-refractivity contribution in [1.82, 2.24) is 9.78 Å². The van der Waals surface area contributed by atoms with Crippen LogP contribution in [0.3, 0.4) is 0 Å². The molecule has 26 heavy (non-hydrogen) atoms. The molecule has 132 valence electrons. The SMILES string of the molecule is FC(F)(F)Cn1cc(C#Cc2cccc(OCc3ccccc3)c2)cn1. The number of hydrogen-bond donors (Lipinski definition) is 0. The van der Waals surface area contributed by atoms with Gasteiger partial charge in [-0.3, -0.25) is 4.68 Å². The highest BCUT2D eigenvalue weighted by atomic mass is 19.4. The minimum atomic E-state index is -4.30. The molecule has 0 aliphatic rings. The van der Waals surface area contributed by atoms with E-state index in [1.807, 2.05) is 48.5 Å². The van der Waals surface area contributed by atoms with E-state index in [2.05, 4.69) is 16.9 Å². The minimum Gasteiger partial charge on any atom is -0.489 e. The number of halogens is 3. The first-order valence-corrected chi connectivity index (χ1v) is 7.86. The fourth-order valence-corrected chi connectivity index (χ4v) is 2.25.